The van der Waals surface area contributed by atoms with Crippen LogP contribution in [0.25, 0.3) is 0 Å². The third kappa shape index (κ3) is 3.44. The van der Waals surface area contributed by atoms with Gasteiger partial charge in [0.1, 0.15) is 6.73 Å². The zero-order valence-electron chi connectivity index (χ0n) is 10.1. The number of hydrogen-bond donors (Lipinski definition) is 1. The molecular formula is C14H18N2O. The maximum absolute atomic E-state index is 5.69. The van der Waals surface area contributed by atoms with Crippen molar-refractivity contribution in [2.75, 3.05) is 7.05 Å². The van der Waals surface area contributed by atoms with Crippen molar-refractivity contribution in [3.63, 3.8) is 0 Å². The molecule has 0 saturated carbocycles. The third-order valence-electron chi connectivity index (χ3n) is 2.62. The summed E-state index contributed by atoms with van der Waals surface area (Å²) in [6, 6.07) is 14.4. The molecule has 0 atom stereocenters. The summed E-state index contributed by atoms with van der Waals surface area (Å²) in [5.41, 5.74) is 2.44. The lowest BCUT2D eigenvalue weighted by atomic mass is 10.2. The molecule has 1 N–H and O–H groups in total. The molecule has 0 aliphatic heterocycles. The third-order valence-corrected chi connectivity index (χ3v) is 2.62. The lowest BCUT2D eigenvalue weighted by molar-refractivity contribution is 0.0624. The Morgan fingerprint density at radius 3 is 2.71 bits per heavy atom. The van der Waals surface area contributed by atoms with E-state index in [9.17, 15) is 0 Å². The first-order chi connectivity index (χ1) is 8.40. The maximum Gasteiger partial charge on any atom is 0.123 e. The second-order valence-electron chi connectivity index (χ2n) is 3.96. The highest BCUT2D eigenvalue weighted by Crippen LogP contribution is 2.05. The molecule has 1 aromatic heterocycles. The predicted molar refractivity (Wildman–Crippen MR) is 68.4 cm³/mol. The molecular weight excluding hydrogens is 212 g/mol. The van der Waals surface area contributed by atoms with E-state index in [-0.39, 0.29) is 0 Å². The number of rotatable bonds is 6. The fourth-order valence-corrected chi connectivity index (χ4v) is 1.75. The summed E-state index contributed by atoms with van der Waals surface area (Å²) in [6.45, 7) is 2.11. The van der Waals surface area contributed by atoms with Crippen molar-refractivity contribution < 1.29 is 4.74 Å². The quantitative estimate of drug-likeness (QED) is 0.824. The van der Waals surface area contributed by atoms with Crippen LogP contribution in [0.4, 0.5) is 0 Å². The Morgan fingerprint density at radius 2 is 1.94 bits per heavy atom. The largest absolute Gasteiger partial charge is 0.356 e. The van der Waals surface area contributed by atoms with Crippen molar-refractivity contribution in [1.29, 1.82) is 0 Å². The minimum absolute atomic E-state index is 0.596. The Bertz CT molecular complexity index is 436. The van der Waals surface area contributed by atoms with Gasteiger partial charge in [0.05, 0.1) is 6.61 Å². The van der Waals surface area contributed by atoms with Gasteiger partial charge >= 0.3 is 0 Å². The van der Waals surface area contributed by atoms with Crippen LogP contribution in [-0.2, 0) is 24.6 Å². The molecule has 0 fully saturated rings. The van der Waals surface area contributed by atoms with Gasteiger partial charge in [0.2, 0.25) is 0 Å². The van der Waals surface area contributed by atoms with Crippen LogP contribution in [0.2, 0.25) is 0 Å². The summed E-state index contributed by atoms with van der Waals surface area (Å²) >= 11 is 0. The molecule has 0 aliphatic carbocycles. The summed E-state index contributed by atoms with van der Waals surface area (Å²) < 4.78 is 7.80. The van der Waals surface area contributed by atoms with Gasteiger partial charge in [-0.25, -0.2) is 0 Å². The number of aromatic nitrogens is 1. The van der Waals surface area contributed by atoms with E-state index >= 15 is 0 Å². The van der Waals surface area contributed by atoms with Crippen molar-refractivity contribution >= 4 is 0 Å². The molecule has 2 rings (SSSR count). The summed E-state index contributed by atoms with van der Waals surface area (Å²) in [7, 11) is 1.95. The zero-order chi connectivity index (χ0) is 11.9. The van der Waals surface area contributed by atoms with E-state index in [1.54, 1.807) is 0 Å². The average Bonchev–Trinajstić information content (AvgIpc) is 2.79. The smallest absolute Gasteiger partial charge is 0.123 e. The van der Waals surface area contributed by atoms with Crippen molar-refractivity contribution in [2.45, 2.75) is 19.9 Å². The summed E-state index contributed by atoms with van der Waals surface area (Å²) in [5, 5.41) is 3.14. The zero-order valence-corrected chi connectivity index (χ0v) is 10.1. The van der Waals surface area contributed by atoms with Gasteiger partial charge in [-0.1, -0.05) is 30.3 Å². The number of hydrogen-bond acceptors (Lipinski definition) is 2. The van der Waals surface area contributed by atoms with Crippen LogP contribution >= 0.6 is 0 Å². The maximum atomic E-state index is 5.69. The van der Waals surface area contributed by atoms with E-state index in [1.165, 1.54) is 11.3 Å². The Hall–Kier alpha value is -1.58. The molecule has 1 heterocycles. The van der Waals surface area contributed by atoms with E-state index in [0.717, 1.165) is 6.54 Å². The topological polar surface area (TPSA) is 26.2 Å². The molecule has 17 heavy (non-hydrogen) atoms. The first-order valence-corrected chi connectivity index (χ1v) is 5.80. The van der Waals surface area contributed by atoms with Gasteiger partial charge < -0.3 is 14.6 Å². The van der Waals surface area contributed by atoms with E-state index in [4.69, 9.17) is 4.74 Å². The van der Waals surface area contributed by atoms with Crippen LogP contribution in [0.3, 0.4) is 0 Å². The van der Waals surface area contributed by atoms with Crippen molar-refractivity contribution in [3.05, 3.63) is 59.9 Å². The standard InChI is InChI=1S/C14H18N2O/c1-15-10-14-8-5-9-16(14)12-17-11-13-6-3-2-4-7-13/h2-9,15H,10-12H2,1H3. The molecule has 0 aliphatic rings. The van der Waals surface area contributed by atoms with Crippen LogP contribution < -0.4 is 5.32 Å². The van der Waals surface area contributed by atoms with Crippen LogP contribution in [0.5, 0.6) is 0 Å². The minimum Gasteiger partial charge on any atom is -0.356 e. The number of benzene rings is 1. The molecule has 0 bridgehead atoms. The number of ether oxygens (including phenoxy) is 1. The minimum atomic E-state index is 0.596. The molecule has 1 aromatic carbocycles. The number of nitrogens with one attached hydrogen (secondary N) is 1. The molecule has 90 valence electrons. The van der Waals surface area contributed by atoms with E-state index in [0.29, 0.717) is 13.3 Å². The Labute approximate surface area is 102 Å². The second-order valence-corrected chi connectivity index (χ2v) is 3.96. The normalized spacial score (nSPS) is 10.6. The van der Waals surface area contributed by atoms with E-state index in [1.807, 2.05) is 37.5 Å². The van der Waals surface area contributed by atoms with Crippen molar-refractivity contribution in [2.24, 2.45) is 0 Å². The SMILES string of the molecule is CNCc1cccn1COCc1ccccc1. The van der Waals surface area contributed by atoms with E-state index in [2.05, 4.69) is 28.1 Å². The van der Waals surface area contributed by atoms with Crippen LogP contribution in [0.15, 0.2) is 48.7 Å². The van der Waals surface area contributed by atoms with Crippen molar-refractivity contribution in [1.82, 2.24) is 9.88 Å². The van der Waals surface area contributed by atoms with Crippen LogP contribution in [0.1, 0.15) is 11.3 Å². The van der Waals surface area contributed by atoms with Gasteiger partial charge in [0.25, 0.3) is 0 Å². The summed E-state index contributed by atoms with van der Waals surface area (Å²) in [4.78, 5) is 0. The highest BCUT2D eigenvalue weighted by atomic mass is 16.5. The summed E-state index contributed by atoms with van der Waals surface area (Å²) in [5.74, 6) is 0. The van der Waals surface area contributed by atoms with Gasteiger partial charge in [-0.05, 0) is 24.7 Å². The van der Waals surface area contributed by atoms with Crippen molar-refractivity contribution in [3.8, 4) is 0 Å². The van der Waals surface area contributed by atoms with Crippen LogP contribution in [0, 0.1) is 0 Å². The lowest BCUT2D eigenvalue weighted by Gasteiger charge is -2.09. The Kier molecular flexibility index (Phi) is 4.36. The van der Waals surface area contributed by atoms with Gasteiger partial charge in [-0.3, -0.25) is 0 Å². The fourth-order valence-electron chi connectivity index (χ4n) is 1.75. The average molecular weight is 230 g/mol. The van der Waals surface area contributed by atoms with Gasteiger partial charge in [-0.2, -0.15) is 0 Å². The monoisotopic (exact) mass is 230 g/mol. The van der Waals surface area contributed by atoms with Gasteiger partial charge in [0.15, 0.2) is 0 Å². The first kappa shape index (κ1) is 11.9. The van der Waals surface area contributed by atoms with Gasteiger partial charge in [-0.15, -0.1) is 0 Å². The summed E-state index contributed by atoms with van der Waals surface area (Å²) in [6.07, 6.45) is 2.04. The fraction of sp³-hybridized carbons (Fsp3) is 0.286. The second kappa shape index (κ2) is 6.23. The Morgan fingerprint density at radius 1 is 1.12 bits per heavy atom. The number of nitrogens with zero attached hydrogens (tertiary/aromatic N) is 1. The molecule has 0 radical (unpaired) electrons. The molecule has 3 heteroatoms. The highest BCUT2D eigenvalue weighted by molar-refractivity contribution is 5.13. The molecule has 0 unspecified atom stereocenters. The Balaban J connectivity index is 1.84. The first-order valence-electron chi connectivity index (χ1n) is 5.80. The van der Waals surface area contributed by atoms with Crippen LogP contribution in [-0.4, -0.2) is 11.6 Å². The molecule has 2 aromatic rings. The molecule has 3 nitrogen and oxygen atoms in total. The molecule has 0 spiro atoms. The highest BCUT2D eigenvalue weighted by Gasteiger charge is 1.99. The molecule has 0 amide bonds. The van der Waals surface area contributed by atoms with E-state index < -0.39 is 0 Å². The van der Waals surface area contributed by atoms with Gasteiger partial charge in [0, 0.05) is 18.4 Å². The predicted octanol–water partition coefficient (Wildman–Crippen LogP) is 2.38. The lowest BCUT2D eigenvalue weighted by Crippen LogP contribution is -2.12. The molecule has 0 saturated heterocycles.